The van der Waals surface area contributed by atoms with E-state index >= 15 is 0 Å². The summed E-state index contributed by atoms with van der Waals surface area (Å²) in [5.74, 6) is 1.56. The Kier molecular flexibility index (Phi) is 5.83. The van der Waals surface area contributed by atoms with Gasteiger partial charge in [-0.05, 0) is 72.7 Å². The number of aryl methyl sites for hydroxylation is 1. The summed E-state index contributed by atoms with van der Waals surface area (Å²) < 4.78 is 7.29. The highest BCUT2D eigenvalue weighted by Gasteiger charge is 2.22. The number of thiophene rings is 1. The van der Waals surface area contributed by atoms with Gasteiger partial charge in [-0.15, -0.1) is 11.3 Å². The number of nitrogens with one attached hydrogen (secondary N) is 1. The predicted molar refractivity (Wildman–Crippen MR) is 130 cm³/mol. The summed E-state index contributed by atoms with van der Waals surface area (Å²) in [7, 11) is 0. The van der Waals surface area contributed by atoms with Gasteiger partial charge in [0.15, 0.2) is 6.17 Å². The van der Waals surface area contributed by atoms with Crippen LogP contribution in [-0.4, -0.2) is 41.7 Å². The van der Waals surface area contributed by atoms with E-state index in [1.165, 1.54) is 16.5 Å². The van der Waals surface area contributed by atoms with E-state index in [9.17, 15) is 4.79 Å². The smallest absolute Gasteiger partial charge is 0.219 e. The molecule has 2 unspecified atom stereocenters. The van der Waals surface area contributed by atoms with Crippen LogP contribution in [0.5, 0.6) is 5.75 Å². The summed E-state index contributed by atoms with van der Waals surface area (Å²) in [4.78, 5) is 22.9. The second-order valence-electron chi connectivity index (χ2n) is 8.71. The fraction of sp³-hybridized carbons (Fsp3) is 0.400. The Morgan fingerprint density at radius 3 is 3.12 bits per heavy atom. The van der Waals surface area contributed by atoms with Crippen LogP contribution in [0.15, 0.2) is 40.8 Å². The van der Waals surface area contributed by atoms with Gasteiger partial charge in [-0.2, -0.15) is 0 Å². The van der Waals surface area contributed by atoms with Gasteiger partial charge in [0.1, 0.15) is 5.75 Å². The number of anilines is 1. The Bertz CT molecular complexity index is 1170. The second kappa shape index (κ2) is 8.90. The minimum Gasteiger partial charge on any atom is -0.494 e. The number of benzene rings is 1. The predicted octanol–water partition coefficient (Wildman–Crippen LogP) is 5.18. The maximum Gasteiger partial charge on any atom is 0.219 e. The van der Waals surface area contributed by atoms with Crippen molar-refractivity contribution in [2.24, 2.45) is 10.9 Å². The van der Waals surface area contributed by atoms with E-state index in [4.69, 9.17) is 9.73 Å². The monoisotopic (exact) mass is 448 g/mol. The summed E-state index contributed by atoms with van der Waals surface area (Å²) in [5, 5.41) is 6.83. The number of hydrogen-bond acceptors (Lipinski definition) is 6. The van der Waals surface area contributed by atoms with Crippen molar-refractivity contribution in [1.82, 2.24) is 9.88 Å². The molecular formula is C25H28N4O2S. The van der Waals surface area contributed by atoms with E-state index in [1.807, 2.05) is 23.4 Å². The highest BCUT2D eigenvalue weighted by atomic mass is 32.1. The first-order valence-electron chi connectivity index (χ1n) is 11.2. The van der Waals surface area contributed by atoms with Crippen LogP contribution in [-0.2, 0) is 4.79 Å². The molecule has 2 aliphatic heterocycles. The van der Waals surface area contributed by atoms with Crippen LogP contribution >= 0.6 is 11.3 Å². The molecular weight excluding hydrogens is 420 g/mol. The van der Waals surface area contributed by atoms with Gasteiger partial charge in [0.25, 0.3) is 0 Å². The molecule has 1 aromatic carbocycles. The topological polar surface area (TPSA) is 66.8 Å². The van der Waals surface area contributed by atoms with Crippen LogP contribution in [0.1, 0.15) is 49.2 Å². The van der Waals surface area contributed by atoms with Gasteiger partial charge < -0.3 is 15.0 Å². The lowest BCUT2D eigenvalue weighted by Gasteiger charge is -2.32. The summed E-state index contributed by atoms with van der Waals surface area (Å²) in [5.41, 5.74) is 4.16. The lowest BCUT2D eigenvalue weighted by Crippen LogP contribution is -2.38. The van der Waals surface area contributed by atoms with E-state index in [1.54, 1.807) is 18.3 Å². The largest absolute Gasteiger partial charge is 0.494 e. The number of hydrogen-bond donors (Lipinski definition) is 1. The Morgan fingerprint density at radius 1 is 1.34 bits per heavy atom. The highest BCUT2D eigenvalue weighted by Crippen LogP contribution is 2.34. The van der Waals surface area contributed by atoms with Crippen LogP contribution in [0.2, 0.25) is 0 Å². The number of piperidine rings is 1. The third kappa shape index (κ3) is 4.35. The van der Waals surface area contributed by atoms with E-state index in [-0.39, 0.29) is 12.1 Å². The normalized spacial score (nSPS) is 20.1. The average molecular weight is 449 g/mol. The zero-order chi connectivity index (χ0) is 22.1. The number of aliphatic imine (C=N–C) groups is 1. The first-order chi connectivity index (χ1) is 15.6. The van der Waals surface area contributed by atoms with E-state index in [2.05, 4.69) is 40.8 Å². The Labute approximate surface area is 192 Å². The highest BCUT2D eigenvalue weighted by molar-refractivity contribution is 7.17. The molecule has 1 fully saturated rings. The van der Waals surface area contributed by atoms with Crippen molar-refractivity contribution in [1.29, 1.82) is 0 Å². The summed E-state index contributed by atoms with van der Waals surface area (Å²) in [6, 6.07) is 8.36. The van der Waals surface area contributed by atoms with Crippen molar-refractivity contribution in [3.63, 3.8) is 0 Å². The lowest BCUT2D eigenvalue weighted by molar-refractivity contribution is -0.130. The molecule has 6 nitrogen and oxygen atoms in total. The SMILES string of the molecule is CC(=O)N1CCCC(CCOc2cc(C)c3c(c2)C=NC(c2cc4ccsc4cn2)N3)C1. The summed E-state index contributed by atoms with van der Waals surface area (Å²) in [6.45, 7) is 6.15. The molecule has 1 amide bonds. The molecule has 32 heavy (non-hydrogen) atoms. The maximum atomic E-state index is 11.6. The molecule has 5 rings (SSSR count). The number of amides is 1. The van der Waals surface area contributed by atoms with Crippen molar-refractivity contribution >= 4 is 39.2 Å². The van der Waals surface area contributed by atoms with Gasteiger partial charge in [-0.1, -0.05) is 0 Å². The van der Waals surface area contributed by atoms with Crippen LogP contribution in [0.25, 0.3) is 10.1 Å². The molecule has 0 aliphatic carbocycles. The Morgan fingerprint density at radius 2 is 2.25 bits per heavy atom. The lowest BCUT2D eigenvalue weighted by atomic mass is 9.95. The number of pyridine rings is 1. The van der Waals surface area contributed by atoms with Gasteiger partial charge in [0.2, 0.25) is 5.91 Å². The third-order valence-corrected chi connectivity index (χ3v) is 7.25. The molecule has 0 spiro atoms. The van der Waals surface area contributed by atoms with Crippen LogP contribution in [0.3, 0.4) is 0 Å². The van der Waals surface area contributed by atoms with Crippen molar-refractivity contribution < 1.29 is 9.53 Å². The first kappa shape index (κ1) is 20.9. The molecule has 2 atom stereocenters. The Balaban J connectivity index is 1.23. The quantitative estimate of drug-likeness (QED) is 0.584. The molecule has 3 aromatic rings. The Hall–Kier alpha value is -2.93. The van der Waals surface area contributed by atoms with Crippen LogP contribution in [0.4, 0.5) is 5.69 Å². The summed E-state index contributed by atoms with van der Waals surface area (Å²) >= 11 is 1.70. The third-order valence-electron chi connectivity index (χ3n) is 6.38. The number of fused-ring (bicyclic) bond motifs is 2. The first-order valence-corrected chi connectivity index (χ1v) is 12.1. The minimum absolute atomic E-state index is 0.177. The van der Waals surface area contributed by atoms with E-state index in [0.29, 0.717) is 12.5 Å². The number of aromatic nitrogens is 1. The van der Waals surface area contributed by atoms with Crippen molar-refractivity contribution in [3.05, 3.63) is 52.7 Å². The molecule has 166 valence electrons. The van der Waals surface area contributed by atoms with E-state index in [0.717, 1.165) is 54.2 Å². The second-order valence-corrected chi connectivity index (χ2v) is 9.66. The van der Waals surface area contributed by atoms with E-state index < -0.39 is 0 Å². The molecule has 1 saturated heterocycles. The molecule has 4 heterocycles. The maximum absolute atomic E-state index is 11.6. The minimum atomic E-state index is -0.187. The zero-order valence-electron chi connectivity index (χ0n) is 18.5. The number of carbonyl (C=O) groups is 1. The fourth-order valence-electron chi connectivity index (χ4n) is 4.61. The number of likely N-dealkylation sites (tertiary alicyclic amines) is 1. The van der Waals surface area contributed by atoms with Gasteiger partial charge in [0.05, 0.1) is 17.0 Å². The molecule has 0 saturated carbocycles. The average Bonchev–Trinajstić information content (AvgIpc) is 3.27. The molecule has 0 bridgehead atoms. The van der Waals surface area contributed by atoms with Crippen molar-refractivity contribution in [2.75, 3.05) is 25.0 Å². The molecule has 7 heteroatoms. The van der Waals surface area contributed by atoms with Crippen molar-refractivity contribution in [3.8, 4) is 5.75 Å². The van der Waals surface area contributed by atoms with Gasteiger partial charge >= 0.3 is 0 Å². The van der Waals surface area contributed by atoms with Gasteiger partial charge in [-0.3, -0.25) is 14.8 Å². The summed E-state index contributed by atoms with van der Waals surface area (Å²) in [6.07, 6.45) is 6.87. The molecule has 0 radical (unpaired) electrons. The van der Waals surface area contributed by atoms with Gasteiger partial charge in [-0.25, -0.2) is 0 Å². The van der Waals surface area contributed by atoms with Crippen LogP contribution in [0, 0.1) is 12.8 Å². The number of nitrogens with zero attached hydrogens (tertiary/aromatic N) is 3. The fourth-order valence-corrected chi connectivity index (χ4v) is 5.34. The van der Waals surface area contributed by atoms with Gasteiger partial charge in [0, 0.05) is 43.7 Å². The number of carbonyl (C=O) groups excluding carboxylic acids is 1. The zero-order valence-corrected chi connectivity index (χ0v) is 19.3. The van der Waals surface area contributed by atoms with Crippen LogP contribution < -0.4 is 10.1 Å². The standard InChI is InChI=1S/C25H28N4O2S/c1-16-10-21(31-8-5-18-4-3-7-29(15-18)17(2)30)11-20-13-27-25(28-24(16)20)22-12-19-6-9-32-23(19)14-26-22/h6,9-14,18,25,28H,3-5,7-8,15H2,1-2H3. The molecule has 2 aliphatic rings. The molecule has 2 aromatic heterocycles. The number of rotatable bonds is 5. The van der Waals surface area contributed by atoms with Crippen molar-refractivity contribution in [2.45, 2.75) is 39.3 Å². The molecule has 1 N–H and O–H groups in total. The number of ether oxygens (including phenoxy) is 1.